The summed E-state index contributed by atoms with van der Waals surface area (Å²) < 4.78 is 13.7. The molecular weight excluding hydrogens is 305 g/mol. The first-order chi connectivity index (χ1) is 10.5. The van der Waals surface area contributed by atoms with Crippen LogP contribution in [0.3, 0.4) is 0 Å². The zero-order chi connectivity index (χ0) is 16.1. The Kier molecular flexibility index (Phi) is 5.52. The second kappa shape index (κ2) is 7.38. The Labute approximate surface area is 133 Å². The number of rotatable bonds is 5. The van der Waals surface area contributed by atoms with Crippen LogP contribution in [0.15, 0.2) is 42.5 Å². The Morgan fingerprint density at radius 2 is 1.95 bits per heavy atom. The molecule has 22 heavy (non-hydrogen) atoms. The summed E-state index contributed by atoms with van der Waals surface area (Å²) in [4.78, 5) is 12.0. The Morgan fingerprint density at radius 3 is 2.59 bits per heavy atom. The number of aliphatic hydroxyl groups is 1. The van der Waals surface area contributed by atoms with Crippen molar-refractivity contribution in [2.75, 3.05) is 6.54 Å². The number of amides is 1. The fourth-order valence-corrected chi connectivity index (χ4v) is 2.31. The maximum Gasteiger partial charge on any atom is 0.254 e. The Morgan fingerprint density at radius 1 is 1.27 bits per heavy atom. The van der Waals surface area contributed by atoms with Gasteiger partial charge in [-0.25, -0.2) is 4.39 Å². The molecule has 0 aliphatic heterocycles. The summed E-state index contributed by atoms with van der Waals surface area (Å²) in [5, 5.41) is 13.3. The van der Waals surface area contributed by atoms with Crippen molar-refractivity contribution in [3.63, 3.8) is 0 Å². The van der Waals surface area contributed by atoms with E-state index in [0.717, 1.165) is 5.56 Å². The van der Waals surface area contributed by atoms with Crippen LogP contribution >= 0.6 is 11.6 Å². The van der Waals surface area contributed by atoms with Crippen LogP contribution in [0.2, 0.25) is 5.02 Å². The van der Waals surface area contributed by atoms with Crippen LogP contribution in [0, 0.1) is 12.7 Å². The zero-order valence-corrected chi connectivity index (χ0v) is 12.9. The average molecular weight is 322 g/mol. The molecule has 2 aromatic rings. The molecule has 0 radical (unpaired) electrons. The molecule has 0 bridgehead atoms. The molecular formula is C17H17ClFNO2. The van der Waals surface area contributed by atoms with Gasteiger partial charge in [-0.15, -0.1) is 0 Å². The van der Waals surface area contributed by atoms with Crippen molar-refractivity contribution in [2.45, 2.75) is 19.4 Å². The number of halogens is 2. The summed E-state index contributed by atoms with van der Waals surface area (Å²) in [5.41, 5.74) is 1.35. The highest BCUT2D eigenvalue weighted by atomic mass is 35.5. The third-order valence-corrected chi connectivity index (χ3v) is 3.66. The molecule has 0 saturated heterocycles. The molecule has 0 saturated carbocycles. The van der Waals surface area contributed by atoms with E-state index in [1.165, 1.54) is 6.07 Å². The number of aryl methyl sites for hydroxylation is 1. The van der Waals surface area contributed by atoms with Gasteiger partial charge in [0.25, 0.3) is 5.91 Å². The summed E-state index contributed by atoms with van der Waals surface area (Å²) in [6, 6.07) is 11.4. The minimum atomic E-state index is -0.709. The largest absolute Gasteiger partial charge is 0.388 e. The fraction of sp³-hybridized carbons (Fsp3) is 0.235. The summed E-state index contributed by atoms with van der Waals surface area (Å²) in [6.45, 7) is 1.93. The van der Waals surface area contributed by atoms with E-state index in [0.29, 0.717) is 17.0 Å². The zero-order valence-electron chi connectivity index (χ0n) is 12.1. The highest BCUT2D eigenvalue weighted by molar-refractivity contribution is 6.30. The summed E-state index contributed by atoms with van der Waals surface area (Å²) in [7, 11) is 0. The maximum atomic E-state index is 13.7. The van der Waals surface area contributed by atoms with Crippen molar-refractivity contribution >= 4 is 17.5 Å². The number of nitrogens with one attached hydrogen (secondary N) is 1. The van der Waals surface area contributed by atoms with E-state index in [-0.39, 0.29) is 12.1 Å². The first-order valence-electron chi connectivity index (χ1n) is 6.96. The number of carbonyl (C=O) groups excluding carboxylic acids is 1. The molecule has 0 aromatic heterocycles. The van der Waals surface area contributed by atoms with Gasteiger partial charge in [0.1, 0.15) is 5.82 Å². The van der Waals surface area contributed by atoms with Crippen LogP contribution in [0.1, 0.15) is 34.0 Å². The van der Waals surface area contributed by atoms with Gasteiger partial charge < -0.3 is 10.4 Å². The van der Waals surface area contributed by atoms with Gasteiger partial charge in [0.15, 0.2) is 0 Å². The van der Waals surface area contributed by atoms with E-state index in [2.05, 4.69) is 5.32 Å². The number of benzene rings is 2. The van der Waals surface area contributed by atoms with Gasteiger partial charge in [0.2, 0.25) is 0 Å². The van der Waals surface area contributed by atoms with Gasteiger partial charge in [-0.1, -0.05) is 35.9 Å². The topological polar surface area (TPSA) is 49.3 Å². The van der Waals surface area contributed by atoms with Crippen molar-refractivity contribution in [3.05, 3.63) is 70.0 Å². The molecule has 5 heteroatoms. The van der Waals surface area contributed by atoms with Crippen molar-refractivity contribution in [2.24, 2.45) is 0 Å². The van der Waals surface area contributed by atoms with E-state index < -0.39 is 17.8 Å². The normalized spacial score (nSPS) is 12.0. The first kappa shape index (κ1) is 16.5. The molecule has 2 N–H and O–H groups in total. The van der Waals surface area contributed by atoms with Crippen molar-refractivity contribution in [1.82, 2.24) is 5.32 Å². The molecule has 1 unspecified atom stereocenters. The Balaban J connectivity index is 1.90. The SMILES string of the molecule is Cc1cccc(F)c1C(=O)NCCC(O)c1ccc(Cl)cc1. The molecule has 0 fully saturated rings. The van der Waals surface area contributed by atoms with E-state index in [1.807, 2.05) is 0 Å². The molecule has 0 spiro atoms. The van der Waals surface area contributed by atoms with Gasteiger partial charge in [-0.05, 0) is 42.7 Å². The maximum absolute atomic E-state index is 13.7. The molecule has 3 nitrogen and oxygen atoms in total. The lowest BCUT2D eigenvalue weighted by molar-refractivity contribution is 0.0938. The van der Waals surface area contributed by atoms with Gasteiger partial charge in [0.05, 0.1) is 11.7 Å². The highest BCUT2D eigenvalue weighted by Crippen LogP contribution is 2.19. The van der Waals surface area contributed by atoms with Crippen LogP contribution in [0.5, 0.6) is 0 Å². The smallest absolute Gasteiger partial charge is 0.254 e. The van der Waals surface area contributed by atoms with E-state index in [9.17, 15) is 14.3 Å². The molecule has 1 atom stereocenters. The van der Waals surface area contributed by atoms with E-state index in [4.69, 9.17) is 11.6 Å². The molecule has 2 aromatic carbocycles. The third kappa shape index (κ3) is 4.06. The lowest BCUT2D eigenvalue weighted by Gasteiger charge is -2.13. The lowest BCUT2D eigenvalue weighted by Crippen LogP contribution is -2.27. The van der Waals surface area contributed by atoms with Gasteiger partial charge in [-0.2, -0.15) is 0 Å². The Hall–Kier alpha value is -1.91. The second-order valence-corrected chi connectivity index (χ2v) is 5.48. The number of carbonyl (C=O) groups is 1. The summed E-state index contributed by atoms with van der Waals surface area (Å²) in [6.07, 6.45) is -0.375. The molecule has 2 rings (SSSR count). The Bertz CT molecular complexity index is 638. The first-order valence-corrected chi connectivity index (χ1v) is 7.33. The van der Waals surface area contributed by atoms with Crippen LogP contribution in [0.4, 0.5) is 4.39 Å². The molecule has 0 heterocycles. The quantitative estimate of drug-likeness (QED) is 0.883. The molecule has 116 valence electrons. The molecule has 0 aliphatic carbocycles. The molecule has 1 amide bonds. The predicted molar refractivity (Wildman–Crippen MR) is 84.5 cm³/mol. The highest BCUT2D eigenvalue weighted by Gasteiger charge is 2.14. The van der Waals surface area contributed by atoms with Crippen LogP contribution in [0.25, 0.3) is 0 Å². The van der Waals surface area contributed by atoms with Gasteiger partial charge in [0, 0.05) is 11.6 Å². The predicted octanol–water partition coefficient (Wildman–Crippen LogP) is 3.64. The molecule has 0 aliphatic rings. The van der Waals surface area contributed by atoms with Crippen molar-refractivity contribution < 1.29 is 14.3 Å². The fourth-order valence-electron chi connectivity index (χ4n) is 2.18. The van der Waals surface area contributed by atoms with E-state index >= 15 is 0 Å². The second-order valence-electron chi connectivity index (χ2n) is 5.04. The van der Waals surface area contributed by atoms with Gasteiger partial charge in [-0.3, -0.25) is 4.79 Å². The van der Waals surface area contributed by atoms with Crippen molar-refractivity contribution in [3.8, 4) is 0 Å². The number of hydrogen-bond acceptors (Lipinski definition) is 2. The summed E-state index contributed by atoms with van der Waals surface area (Å²) in [5.74, 6) is -1.02. The van der Waals surface area contributed by atoms with Crippen molar-refractivity contribution in [1.29, 1.82) is 0 Å². The van der Waals surface area contributed by atoms with Crippen LogP contribution < -0.4 is 5.32 Å². The van der Waals surface area contributed by atoms with Crippen LogP contribution in [-0.4, -0.2) is 17.6 Å². The minimum Gasteiger partial charge on any atom is -0.388 e. The minimum absolute atomic E-state index is 0.0449. The monoisotopic (exact) mass is 321 g/mol. The third-order valence-electron chi connectivity index (χ3n) is 3.41. The summed E-state index contributed by atoms with van der Waals surface area (Å²) >= 11 is 5.79. The van der Waals surface area contributed by atoms with Crippen LogP contribution in [-0.2, 0) is 0 Å². The number of hydrogen-bond donors (Lipinski definition) is 2. The van der Waals surface area contributed by atoms with Gasteiger partial charge >= 0.3 is 0 Å². The number of aliphatic hydroxyl groups excluding tert-OH is 1. The standard InChI is InChI=1S/C17H17ClFNO2/c1-11-3-2-4-14(19)16(11)17(22)20-10-9-15(21)12-5-7-13(18)8-6-12/h2-8,15,21H,9-10H2,1H3,(H,20,22). The lowest BCUT2D eigenvalue weighted by atomic mass is 10.1. The van der Waals surface area contributed by atoms with E-state index in [1.54, 1.807) is 43.3 Å². The average Bonchev–Trinajstić information content (AvgIpc) is 2.47.